The number of hydrogen-bond donors (Lipinski definition) is 1. The lowest BCUT2D eigenvalue weighted by atomic mass is 10.1. The second-order valence-electron chi connectivity index (χ2n) is 7.84. The molecule has 0 fully saturated rings. The van der Waals surface area contributed by atoms with Gasteiger partial charge in [-0.2, -0.15) is 0 Å². The van der Waals surface area contributed by atoms with Crippen LogP contribution in [0.1, 0.15) is 29.5 Å². The Hall–Kier alpha value is -3.19. The van der Waals surface area contributed by atoms with E-state index in [1.165, 1.54) is 4.90 Å². The number of furan rings is 1. The lowest BCUT2D eigenvalue weighted by Crippen LogP contribution is -2.40. The molecule has 1 atom stereocenters. The molecule has 0 bridgehead atoms. The van der Waals surface area contributed by atoms with Crippen molar-refractivity contribution >= 4 is 35.0 Å². The van der Waals surface area contributed by atoms with E-state index in [2.05, 4.69) is 29.3 Å². The molecule has 4 rings (SSSR count). The van der Waals surface area contributed by atoms with Gasteiger partial charge in [0.2, 0.25) is 5.91 Å². The van der Waals surface area contributed by atoms with Crippen LogP contribution in [0.25, 0.3) is 0 Å². The number of nitrogens with one attached hydrogen (secondary N) is 1. The third kappa shape index (κ3) is 4.99. The molecule has 32 heavy (non-hydrogen) atoms. The molecule has 0 spiro atoms. The zero-order chi connectivity index (χ0) is 22.5. The molecule has 1 N–H and O–H groups in total. The van der Waals surface area contributed by atoms with Gasteiger partial charge in [0.15, 0.2) is 0 Å². The maximum atomic E-state index is 13.3. The van der Waals surface area contributed by atoms with Crippen LogP contribution in [0.3, 0.4) is 0 Å². The van der Waals surface area contributed by atoms with Gasteiger partial charge in [-0.3, -0.25) is 9.59 Å². The summed E-state index contributed by atoms with van der Waals surface area (Å²) in [4.78, 5) is 31.0. The number of para-hydroxylation sites is 2. The van der Waals surface area contributed by atoms with Gasteiger partial charge in [-0.1, -0.05) is 31.2 Å². The monoisotopic (exact) mass is 449 g/mol. The molecule has 0 aliphatic carbocycles. The third-order valence-electron chi connectivity index (χ3n) is 5.55. The van der Waals surface area contributed by atoms with Gasteiger partial charge < -0.3 is 19.5 Å². The summed E-state index contributed by atoms with van der Waals surface area (Å²) in [5.74, 6) is 0.361. The highest BCUT2D eigenvalue weighted by Crippen LogP contribution is 2.37. The molecule has 7 heteroatoms. The highest BCUT2D eigenvalue weighted by molar-refractivity contribution is 8.00. The van der Waals surface area contributed by atoms with Crippen molar-refractivity contribution in [2.75, 3.05) is 29.9 Å². The van der Waals surface area contributed by atoms with Crippen LogP contribution in [-0.4, -0.2) is 37.2 Å². The average molecular weight is 450 g/mol. The van der Waals surface area contributed by atoms with E-state index in [9.17, 15) is 9.59 Å². The second-order valence-corrected chi connectivity index (χ2v) is 9.32. The Morgan fingerprint density at radius 1 is 1.12 bits per heavy atom. The molecule has 1 aromatic heterocycles. The Balaban J connectivity index is 1.49. The first kappa shape index (κ1) is 22.0. The van der Waals surface area contributed by atoms with E-state index in [1.807, 2.05) is 30.0 Å². The molecular formula is C25H27N3O3S. The molecule has 2 amide bonds. The number of likely N-dealkylation sites (N-methyl/N-ethyl adjacent to an activating group) is 1. The Morgan fingerprint density at radius 3 is 2.72 bits per heavy atom. The van der Waals surface area contributed by atoms with Gasteiger partial charge in [-0.05, 0) is 42.8 Å². The van der Waals surface area contributed by atoms with Crippen molar-refractivity contribution in [3.63, 3.8) is 0 Å². The number of carbonyl (C=O) groups is 2. The number of fused-ring (bicyclic) bond motifs is 1. The number of rotatable bonds is 6. The van der Waals surface area contributed by atoms with Gasteiger partial charge in [0.1, 0.15) is 5.76 Å². The van der Waals surface area contributed by atoms with Gasteiger partial charge in [0.25, 0.3) is 5.91 Å². The van der Waals surface area contributed by atoms with Gasteiger partial charge in [-0.25, -0.2) is 0 Å². The first-order valence-corrected chi connectivity index (χ1v) is 11.6. The minimum absolute atomic E-state index is 0.0642. The minimum Gasteiger partial charge on any atom is -0.467 e. The predicted octanol–water partition coefficient (Wildman–Crippen LogP) is 4.56. The second kappa shape index (κ2) is 9.96. The summed E-state index contributed by atoms with van der Waals surface area (Å²) in [5.41, 5.74) is 2.13. The molecule has 1 aliphatic rings. The van der Waals surface area contributed by atoms with Gasteiger partial charge in [-0.15, -0.1) is 11.8 Å². The van der Waals surface area contributed by atoms with Crippen molar-refractivity contribution in [1.82, 2.24) is 5.32 Å². The Labute approximate surface area is 192 Å². The van der Waals surface area contributed by atoms with Crippen LogP contribution in [0, 0.1) is 0 Å². The normalized spacial score (nSPS) is 15.6. The standard InChI is InChI=1S/C25H27N3O3S/c1-18-13-14-28(22-11-5-6-12-23(22)32-18)17-24(29)27(2)21-10-4-3-9-20(21)25(30)26-16-19-8-7-15-31-19/h3-12,15,18H,13-14,16-17H2,1-2H3,(H,26,30). The number of hydrogen-bond acceptors (Lipinski definition) is 5. The number of benzene rings is 2. The van der Waals surface area contributed by atoms with E-state index >= 15 is 0 Å². The Bertz CT molecular complexity index is 1080. The van der Waals surface area contributed by atoms with Crippen LogP contribution in [-0.2, 0) is 11.3 Å². The smallest absolute Gasteiger partial charge is 0.253 e. The topological polar surface area (TPSA) is 65.8 Å². The van der Waals surface area contributed by atoms with Crippen molar-refractivity contribution in [1.29, 1.82) is 0 Å². The van der Waals surface area contributed by atoms with Crippen LogP contribution in [0.15, 0.2) is 76.2 Å². The summed E-state index contributed by atoms with van der Waals surface area (Å²) >= 11 is 1.85. The molecule has 0 saturated heterocycles. The van der Waals surface area contributed by atoms with Gasteiger partial charge in [0, 0.05) is 23.7 Å². The summed E-state index contributed by atoms with van der Waals surface area (Å²) in [7, 11) is 1.72. The molecule has 1 unspecified atom stereocenters. The first-order chi connectivity index (χ1) is 15.5. The maximum absolute atomic E-state index is 13.3. The molecule has 2 aromatic carbocycles. The summed E-state index contributed by atoms with van der Waals surface area (Å²) in [6.45, 7) is 3.58. The third-order valence-corrected chi connectivity index (χ3v) is 6.79. The summed E-state index contributed by atoms with van der Waals surface area (Å²) in [5, 5.41) is 3.35. The van der Waals surface area contributed by atoms with Crippen molar-refractivity contribution in [3.8, 4) is 0 Å². The summed E-state index contributed by atoms with van der Waals surface area (Å²) < 4.78 is 5.28. The van der Waals surface area contributed by atoms with E-state index in [-0.39, 0.29) is 24.9 Å². The fraction of sp³-hybridized carbons (Fsp3) is 0.280. The van der Waals surface area contributed by atoms with Crippen LogP contribution in [0.4, 0.5) is 11.4 Å². The fourth-order valence-electron chi connectivity index (χ4n) is 3.75. The molecule has 6 nitrogen and oxygen atoms in total. The zero-order valence-corrected chi connectivity index (χ0v) is 19.1. The number of carbonyl (C=O) groups excluding carboxylic acids is 2. The fourth-order valence-corrected chi connectivity index (χ4v) is 4.89. The number of amides is 2. The molecule has 0 saturated carbocycles. The lowest BCUT2D eigenvalue weighted by Gasteiger charge is -2.27. The van der Waals surface area contributed by atoms with E-state index in [4.69, 9.17) is 4.42 Å². The van der Waals surface area contributed by atoms with Crippen LogP contribution in [0.2, 0.25) is 0 Å². The number of nitrogens with zero attached hydrogens (tertiary/aromatic N) is 2. The Morgan fingerprint density at radius 2 is 1.91 bits per heavy atom. The van der Waals surface area contributed by atoms with Crippen molar-refractivity contribution in [3.05, 3.63) is 78.3 Å². The molecule has 0 radical (unpaired) electrons. The number of anilines is 2. The predicted molar refractivity (Wildman–Crippen MR) is 128 cm³/mol. The van der Waals surface area contributed by atoms with E-state index in [0.717, 1.165) is 18.7 Å². The maximum Gasteiger partial charge on any atom is 0.253 e. The SMILES string of the molecule is CC1CCN(CC(=O)N(C)c2ccccc2C(=O)NCc2ccco2)c2ccccc2S1. The first-order valence-electron chi connectivity index (χ1n) is 10.7. The molecule has 1 aliphatic heterocycles. The van der Waals surface area contributed by atoms with E-state index in [0.29, 0.717) is 22.3 Å². The Kier molecular flexibility index (Phi) is 6.85. The molecule has 2 heterocycles. The van der Waals surface area contributed by atoms with Crippen molar-refractivity contribution < 1.29 is 14.0 Å². The van der Waals surface area contributed by atoms with E-state index < -0.39 is 0 Å². The minimum atomic E-state index is -0.248. The largest absolute Gasteiger partial charge is 0.467 e. The molecule has 166 valence electrons. The van der Waals surface area contributed by atoms with Crippen molar-refractivity contribution in [2.45, 2.75) is 30.0 Å². The van der Waals surface area contributed by atoms with Crippen LogP contribution in [0.5, 0.6) is 0 Å². The highest BCUT2D eigenvalue weighted by atomic mass is 32.2. The quantitative estimate of drug-likeness (QED) is 0.598. The van der Waals surface area contributed by atoms with Crippen LogP contribution < -0.4 is 15.1 Å². The van der Waals surface area contributed by atoms with Gasteiger partial charge in [0.05, 0.1) is 36.3 Å². The summed E-state index contributed by atoms with van der Waals surface area (Å²) in [6, 6.07) is 19.0. The van der Waals surface area contributed by atoms with Gasteiger partial charge >= 0.3 is 0 Å². The van der Waals surface area contributed by atoms with E-state index in [1.54, 1.807) is 48.5 Å². The summed E-state index contributed by atoms with van der Waals surface area (Å²) in [6.07, 6.45) is 2.57. The molecule has 3 aromatic rings. The van der Waals surface area contributed by atoms with Crippen molar-refractivity contribution in [2.24, 2.45) is 0 Å². The average Bonchev–Trinajstić information content (AvgIpc) is 3.28. The zero-order valence-electron chi connectivity index (χ0n) is 18.3. The highest BCUT2D eigenvalue weighted by Gasteiger charge is 2.24. The van der Waals surface area contributed by atoms with Crippen LogP contribution >= 0.6 is 11.8 Å². The molecular weight excluding hydrogens is 422 g/mol. The number of thioether (sulfide) groups is 1. The lowest BCUT2D eigenvalue weighted by molar-refractivity contribution is -0.117.